The highest BCUT2D eigenvalue weighted by atomic mass is 16.6. The fraction of sp³-hybridized carbons (Fsp3) is 0.667. The Morgan fingerprint density at radius 3 is 2.62 bits per heavy atom. The molecule has 0 saturated heterocycles. The van der Waals surface area contributed by atoms with Crippen molar-refractivity contribution in [3.63, 3.8) is 0 Å². The number of ether oxygens (including phenoxy) is 1. The third kappa shape index (κ3) is 3.30. The highest BCUT2D eigenvalue weighted by molar-refractivity contribution is 5.87. The zero-order valence-electron chi connectivity index (χ0n) is 12.2. The Kier molecular flexibility index (Phi) is 3.86. The van der Waals surface area contributed by atoms with Gasteiger partial charge in [0.05, 0.1) is 19.0 Å². The van der Waals surface area contributed by atoms with E-state index in [1.807, 2.05) is 0 Å². The predicted molar refractivity (Wildman–Crippen MR) is 72.6 cm³/mol. The molecule has 1 aromatic heterocycles. The van der Waals surface area contributed by atoms with Gasteiger partial charge in [-0.1, -0.05) is 0 Å². The number of nitrogens with zero attached hydrogens (tertiary/aromatic N) is 4. The van der Waals surface area contributed by atoms with Crippen molar-refractivity contribution in [1.82, 2.24) is 14.8 Å². The molecule has 0 radical (unpaired) electrons. The van der Waals surface area contributed by atoms with Gasteiger partial charge >= 0.3 is 12.1 Å². The van der Waals surface area contributed by atoms with Crippen LogP contribution in [-0.4, -0.2) is 44.1 Å². The maximum Gasteiger partial charge on any atom is 0.417 e. The molecule has 0 fully saturated rings. The lowest BCUT2D eigenvalue weighted by atomic mass is 10.1. The average molecular weight is 297 g/mol. The number of fused-ring (bicyclic) bond motifs is 1. The number of hydrogen-bond donors (Lipinski definition) is 2. The second-order valence-corrected chi connectivity index (χ2v) is 5.84. The molecule has 0 aliphatic carbocycles. The van der Waals surface area contributed by atoms with E-state index in [4.69, 9.17) is 10.5 Å². The topological polar surface area (TPSA) is 124 Å². The van der Waals surface area contributed by atoms with Gasteiger partial charge in [-0.3, -0.25) is 4.79 Å². The molecule has 3 N–H and O–H groups in total. The molecule has 0 aromatic carbocycles. The second kappa shape index (κ2) is 5.32. The zero-order chi connectivity index (χ0) is 15.8. The minimum absolute atomic E-state index is 0.00699. The van der Waals surface area contributed by atoms with Crippen LogP contribution in [0.2, 0.25) is 0 Å². The van der Waals surface area contributed by atoms with Crippen LogP contribution in [0.15, 0.2) is 0 Å². The molecule has 116 valence electrons. The first-order chi connectivity index (χ1) is 9.71. The summed E-state index contributed by atoms with van der Waals surface area (Å²) in [5, 5.41) is 13.3. The van der Waals surface area contributed by atoms with Gasteiger partial charge in [-0.05, 0) is 20.8 Å². The monoisotopic (exact) mass is 297 g/mol. The first kappa shape index (κ1) is 15.2. The van der Waals surface area contributed by atoms with Crippen molar-refractivity contribution in [2.75, 3.05) is 11.4 Å². The molecule has 1 aliphatic heterocycles. The lowest BCUT2D eigenvalue weighted by molar-refractivity contribution is -0.142. The number of hydrogen-bond acceptors (Lipinski definition) is 6. The number of anilines is 1. The van der Waals surface area contributed by atoms with E-state index in [9.17, 15) is 14.7 Å². The fourth-order valence-electron chi connectivity index (χ4n) is 1.99. The Balaban J connectivity index is 2.33. The maximum absolute atomic E-state index is 12.2. The minimum Gasteiger partial charge on any atom is -0.481 e. The van der Waals surface area contributed by atoms with Crippen LogP contribution in [0, 0.1) is 5.92 Å². The van der Waals surface area contributed by atoms with Crippen LogP contribution in [-0.2, 0) is 22.6 Å². The maximum atomic E-state index is 12.2. The van der Waals surface area contributed by atoms with E-state index in [1.54, 1.807) is 20.8 Å². The van der Waals surface area contributed by atoms with Crippen LogP contribution in [0.25, 0.3) is 0 Å². The van der Waals surface area contributed by atoms with Crippen LogP contribution in [0.1, 0.15) is 26.6 Å². The summed E-state index contributed by atoms with van der Waals surface area (Å²) in [5.41, 5.74) is 4.80. The molecule has 2 heterocycles. The van der Waals surface area contributed by atoms with E-state index >= 15 is 0 Å². The van der Waals surface area contributed by atoms with Gasteiger partial charge in [0.1, 0.15) is 5.60 Å². The number of nitrogens with two attached hydrogens (primary N) is 1. The number of carbonyl (C=O) groups excluding carboxylic acids is 1. The number of carboxylic acids is 1. The van der Waals surface area contributed by atoms with Gasteiger partial charge in [-0.25, -0.2) is 14.4 Å². The first-order valence-corrected chi connectivity index (χ1v) is 6.58. The van der Waals surface area contributed by atoms with E-state index in [0.29, 0.717) is 5.82 Å². The molecule has 9 heteroatoms. The van der Waals surface area contributed by atoms with Gasteiger partial charge in [0.15, 0.2) is 5.82 Å². The number of aliphatic carboxylic acids is 1. The smallest absolute Gasteiger partial charge is 0.417 e. The van der Waals surface area contributed by atoms with E-state index in [1.165, 1.54) is 9.58 Å². The first-order valence-electron chi connectivity index (χ1n) is 6.58. The van der Waals surface area contributed by atoms with Crippen molar-refractivity contribution in [3.8, 4) is 0 Å². The lowest BCUT2D eigenvalue weighted by Crippen LogP contribution is -2.47. The average Bonchev–Trinajstić information content (AvgIpc) is 2.77. The lowest BCUT2D eigenvalue weighted by Gasteiger charge is -2.31. The molecule has 2 rings (SSSR count). The predicted octanol–water partition coefficient (Wildman–Crippen LogP) is 0.193. The molecule has 1 aliphatic rings. The summed E-state index contributed by atoms with van der Waals surface area (Å²) in [4.78, 5) is 28.8. The third-order valence-electron chi connectivity index (χ3n) is 2.88. The molecular weight excluding hydrogens is 278 g/mol. The Bertz CT molecular complexity index is 562. The van der Waals surface area contributed by atoms with Crippen LogP contribution in [0.4, 0.5) is 10.7 Å². The number of amides is 1. The molecule has 0 bridgehead atoms. The Morgan fingerprint density at radius 2 is 2.10 bits per heavy atom. The van der Waals surface area contributed by atoms with Crippen molar-refractivity contribution in [1.29, 1.82) is 0 Å². The highest BCUT2D eigenvalue weighted by Gasteiger charge is 2.36. The van der Waals surface area contributed by atoms with Crippen LogP contribution in [0.5, 0.6) is 0 Å². The molecule has 1 unspecified atom stereocenters. The highest BCUT2D eigenvalue weighted by Crippen LogP contribution is 2.24. The Morgan fingerprint density at radius 1 is 1.43 bits per heavy atom. The summed E-state index contributed by atoms with van der Waals surface area (Å²) in [6.45, 7) is 5.46. The van der Waals surface area contributed by atoms with E-state index in [0.717, 1.165) is 0 Å². The number of aromatic nitrogens is 3. The van der Waals surface area contributed by atoms with Crippen molar-refractivity contribution < 1.29 is 19.4 Å². The molecule has 0 saturated carbocycles. The second-order valence-electron chi connectivity index (χ2n) is 5.84. The summed E-state index contributed by atoms with van der Waals surface area (Å²) >= 11 is 0. The summed E-state index contributed by atoms with van der Waals surface area (Å²) in [7, 11) is 0. The summed E-state index contributed by atoms with van der Waals surface area (Å²) < 4.78 is 6.67. The van der Waals surface area contributed by atoms with Gasteiger partial charge in [0.2, 0.25) is 5.95 Å². The molecular formula is C12H19N5O4. The molecule has 1 atom stereocenters. The van der Waals surface area contributed by atoms with E-state index < -0.39 is 23.6 Å². The standard InChI is InChI=1S/C12H19N5O4/c1-12(2,3)21-11(20)16-5-7(9(18)19)6-17-10(16)14-8(4-13)15-17/h7H,4-6,13H2,1-3H3,(H,18,19). The fourth-order valence-corrected chi connectivity index (χ4v) is 1.99. The van der Waals surface area contributed by atoms with E-state index in [-0.39, 0.29) is 25.6 Å². The van der Waals surface area contributed by atoms with Gasteiger partial charge in [-0.2, -0.15) is 10.1 Å². The quantitative estimate of drug-likeness (QED) is 0.798. The van der Waals surface area contributed by atoms with Crippen LogP contribution < -0.4 is 10.6 Å². The van der Waals surface area contributed by atoms with Crippen LogP contribution in [0.3, 0.4) is 0 Å². The van der Waals surface area contributed by atoms with Crippen molar-refractivity contribution in [2.45, 2.75) is 39.5 Å². The summed E-state index contributed by atoms with van der Waals surface area (Å²) in [6.07, 6.45) is -0.648. The molecule has 9 nitrogen and oxygen atoms in total. The minimum atomic E-state index is -1.00. The van der Waals surface area contributed by atoms with Gasteiger partial charge in [0.25, 0.3) is 0 Å². The van der Waals surface area contributed by atoms with Gasteiger partial charge < -0.3 is 15.6 Å². The summed E-state index contributed by atoms with van der Waals surface area (Å²) in [6, 6.07) is 0. The Hall–Kier alpha value is -2.16. The largest absolute Gasteiger partial charge is 0.481 e. The van der Waals surface area contributed by atoms with Gasteiger partial charge in [0, 0.05) is 6.54 Å². The summed E-state index contributed by atoms with van der Waals surface area (Å²) in [5.74, 6) is -1.15. The molecule has 21 heavy (non-hydrogen) atoms. The number of carboxylic acid groups (broad SMARTS) is 1. The van der Waals surface area contributed by atoms with Crippen LogP contribution >= 0.6 is 0 Å². The van der Waals surface area contributed by atoms with Crippen molar-refractivity contribution >= 4 is 18.0 Å². The zero-order valence-corrected chi connectivity index (χ0v) is 12.2. The molecule has 0 spiro atoms. The van der Waals surface area contributed by atoms with Crippen molar-refractivity contribution in [3.05, 3.63) is 5.82 Å². The SMILES string of the molecule is CC(C)(C)OC(=O)N1CC(C(=O)O)Cn2nc(CN)nc21. The number of rotatable bonds is 2. The van der Waals surface area contributed by atoms with Gasteiger partial charge in [-0.15, -0.1) is 0 Å². The van der Waals surface area contributed by atoms with E-state index in [2.05, 4.69) is 10.1 Å². The normalized spacial score (nSPS) is 18.3. The molecule has 1 amide bonds. The third-order valence-corrected chi connectivity index (χ3v) is 2.88. The molecule has 1 aromatic rings. The van der Waals surface area contributed by atoms with Crippen molar-refractivity contribution in [2.24, 2.45) is 11.7 Å². The number of carbonyl (C=O) groups is 2. The Labute approximate surface area is 121 Å².